The minimum absolute atomic E-state index is 0.0180. The molecule has 2 aromatic rings. The van der Waals surface area contributed by atoms with Crippen molar-refractivity contribution in [3.05, 3.63) is 51.9 Å². The predicted molar refractivity (Wildman–Crippen MR) is 89.3 cm³/mol. The summed E-state index contributed by atoms with van der Waals surface area (Å²) in [7, 11) is 0. The number of amides is 1. The van der Waals surface area contributed by atoms with Gasteiger partial charge in [-0.05, 0) is 19.8 Å². The second-order valence-electron chi connectivity index (χ2n) is 6.06. The second kappa shape index (κ2) is 6.67. The molecule has 3 rings (SSSR count). The number of aromatic amines is 1. The predicted octanol–water partition coefficient (Wildman–Crippen LogP) is 2.12. The van der Waals surface area contributed by atoms with E-state index >= 15 is 0 Å². The summed E-state index contributed by atoms with van der Waals surface area (Å²) in [5.41, 5.74) is 1.47. The highest BCUT2D eigenvalue weighted by Gasteiger charge is 2.26. The maximum absolute atomic E-state index is 12.5. The van der Waals surface area contributed by atoms with E-state index in [1.165, 1.54) is 6.20 Å². The van der Waals surface area contributed by atoms with Crippen LogP contribution < -0.4 is 5.56 Å². The topological polar surface area (TPSA) is 89.8 Å². The number of nitriles is 1. The largest absolute Gasteiger partial charge is 0.337 e. The Morgan fingerprint density at radius 3 is 2.79 bits per heavy atom. The van der Waals surface area contributed by atoms with Crippen LogP contribution in [0, 0.1) is 24.2 Å². The zero-order valence-electron chi connectivity index (χ0n) is 13.5. The lowest BCUT2D eigenvalue weighted by Gasteiger charge is -2.29. The summed E-state index contributed by atoms with van der Waals surface area (Å²) in [4.78, 5) is 33.3. The highest BCUT2D eigenvalue weighted by molar-refractivity contribution is 5.93. The fourth-order valence-corrected chi connectivity index (χ4v) is 2.84. The van der Waals surface area contributed by atoms with Crippen LogP contribution in [0.4, 0.5) is 0 Å². The number of carbonyl (C=O) groups is 1. The molecular formula is C18H18N4O2. The number of nitrogens with one attached hydrogen (secondary N) is 1. The van der Waals surface area contributed by atoms with E-state index in [0.29, 0.717) is 18.9 Å². The summed E-state index contributed by atoms with van der Waals surface area (Å²) < 4.78 is 0. The third-order valence-electron chi connectivity index (χ3n) is 4.25. The number of likely N-dealkylation sites (tertiary alicyclic amines) is 1. The van der Waals surface area contributed by atoms with E-state index < -0.39 is 5.56 Å². The number of H-pyrrole nitrogens is 1. The number of hydrogen-bond donors (Lipinski definition) is 1. The SMILES string of the molecule is Cc1ccc(-c2ncc(C(=O)N3CCC[C@@H](C#N)C3)c(=O)[nH]2)cc1. The summed E-state index contributed by atoms with van der Waals surface area (Å²) in [6.45, 7) is 2.92. The van der Waals surface area contributed by atoms with Crippen LogP contribution in [0.3, 0.4) is 0 Å². The van der Waals surface area contributed by atoms with Gasteiger partial charge in [-0.25, -0.2) is 4.98 Å². The first-order valence-electron chi connectivity index (χ1n) is 7.93. The minimum atomic E-state index is -0.454. The van der Waals surface area contributed by atoms with Gasteiger partial charge in [-0.3, -0.25) is 9.59 Å². The van der Waals surface area contributed by atoms with Crippen molar-refractivity contribution >= 4 is 5.91 Å². The average molecular weight is 322 g/mol. The molecule has 1 N–H and O–H groups in total. The third-order valence-corrected chi connectivity index (χ3v) is 4.25. The van der Waals surface area contributed by atoms with Gasteiger partial charge in [0.15, 0.2) is 0 Å². The first-order valence-corrected chi connectivity index (χ1v) is 7.93. The molecule has 1 aliphatic heterocycles. The smallest absolute Gasteiger partial charge is 0.264 e. The van der Waals surface area contributed by atoms with E-state index in [-0.39, 0.29) is 17.4 Å². The quantitative estimate of drug-likeness (QED) is 0.917. The Morgan fingerprint density at radius 2 is 2.12 bits per heavy atom. The standard InChI is InChI=1S/C18H18N4O2/c1-12-4-6-14(7-5-12)16-20-10-15(17(23)21-16)18(24)22-8-2-3-13(9-19)11-22/h4-7,10,13H,2-3,8,11H2,1H3,(H,20,21,23)/t13-/m0/s1. The van der Waals surface area contributed by atoms with Crippen LogP contribution in [0.25, 0.3) is 11.4 Å². The first-order chi connectivity index (χ1) is 11.6. The van der Waals surface area contributed by atoms with Gasteiger partial charge in [-0.1, -0.05) is 29.8 Å². The molecule has 1 fully saturated rings. The van der Waals surface area contributed by atoms with Crippen molar-refractivity contribution in [1.29, 1.82) is 5.26 Å². The lowest BCUT2D eigenvalue weighted by atomic mass is 9.99. The Bertz CT molecular complexity index is 849. The molecule has 0 spiro atoms. The summed E-state index contributed by atoms with van der Waals surface area (Å²) in [5.74, 6) is -0.0918. The molecule has 1 amide bonds. The Morgan fingerprint density at radius 1 is 1.38 bits per heavy atom. The lowest BCUT2D eigenvalue weighted by Crippen LogP contribution is -2.41. The Balaban J connectivity index is 1.85. The molecule has 0 aliphatic carbocycles. The molecular weight excluding hydrogens is 304 g/mol. The monoisotopic (exact) mass is 322 g/mol. The van der Waals surface area contributed by atoms with Gasteiger partial charge in [0.25, 0.3) is 11.5 Å². The number of rotatable bonds is 2. The van der Waals surface area contributed by atoms with Crippen molar-refractivity contribution in [2.45, 2.75) is 19.8 Å². The summed E-state index contributed by atoms with van der Waals surface area (Å²) in [6.07, 6.45) is 2.89. The van der Waals surface area contributed by atoms with Crippen molar-refractivity contribution in [2.24, 2.45) is 5.92 Å². The summed E-state index contributed by atoms with van der Waals surface area (Å²) in [5, 5.41) is 9.03. The van der Waals surface area contributed by atoms with Crippen LogP contribution in [-0.4, -0.2) is 33.9 Å². The molecule has 0 unspecified atom stereocenters. The molecule has 1 saturated heterocycles. The number of carbonyl (C=O) groups excluding carboxylic acids is 1. The van der Waals surface area contributed by atoms with Crippen molar-refractivity contribution < 1.29 is 4.79 Å². The average Bonchev–Trinajstić information content (AvgIpc) is 2.62. The number of nitrogens with zero attached hydrogens (tertiary/aromatic N) is 3. The molecule has 122 valence electrons. The molecule has 6 nitrogen and oxygen atoms in total. The summed E-state index contributed by atoms with van der Waals surface area (Å²) in [6, 6.07) is 9.81. The van der Waals surface area contributed by atoms with Crippen LogP contribution in [0.5, 0.6) is 0 Å². The van der Waals surface area contributed by atoms with Gasteiger partial charge in [0.2, 0.25) is 0 Å². The molecule has 1 aromatic heterocycles. The van der Waals surface area contributed by atoms with Crippen molar-refractivity contribution in [1.82, 2.24) is 14.9 Å². The number of hydrogen-bond acceptors (Lipinski definition) is 4. The van der Waals surface area contributed by atoms with Crippen LogP contribution >= 0.6 is 0 Å². The van der Waals surface area contributed by atoms with Gasteiger partial charge in [0, 0.05) is 24.8 Å². The van der Waals surface area contributed by atoms with Crippen molar-refractivity contribution in [3.8, 4) is 17.5 Å². The van der Waals surface area contributed by atoms with E-state index in [1.54, 1.807) is 4.90 Å². The van der Waals surface area contributed by atoms with E-state index in [0.717, 1.165) is 24.0 Å². The first kappa shape index (κ1) is 15.9. The molecule has 24 heavy (non-hydrogen) atoms. The number of benzene rings is 1. The maximum Gasteiger partial charge on any atom is 0.264 e. The van der Waals surface area contributed by atoms with Gasteiger partial charge in [0.1, 0.15) is 11.4 Å². The van der Waals surface area contributed by atoms with Crippen LogP contribution in [0.15, 0.2) is 35.3 Å². The van der Waals surface area contributed by atoms with Gasteiger partial charge < -0.3 is 9.88 Å². The van der Waals surface area contributed by atoms with E-state index in [1.807, 2.05) is 31.2 Å². The highest BCUT2D eigenvalue weighted by atomic mass is 16.2. The lowest BCUT2D eigenvalue weighted by molar-refractivity contribution is 0.0696. The highest BCUT2D eigenvalue weighted by Crippen LogP contribution is 2.18. The summed E-state index contributed by atoms with van der Waals surface area (Å²) >= 11 is 0. The number of piperidine rings is 1. The zero-order chi connectivity index (χ0) is 17.1. The molecule has 1 aromatic carbocycles. The minimum Gasteiger partial charge on any atom is -0.337 e. The van der Waals surface area contributed by atoms with Gasteiger partial charge in [-0.15, -0.1) is 0 Å². The number of aryl methyl sites for hydroxylation is 1. The van der Waals surface area contributed by atoms with Gasteiger partial charge >= 0.3 is 0 Å². The normalized spacial score (nSPS) is 17.3. The Hall–Kier alpha value is -2.94. The molecule has 2 heterocycles. The molecule has 0 saturated carbocycles. The second-order valence-corrected chi connectivity index (χ2v) is 6.06. The zero-order valence-corrected chi connectivity index (χ0v) is 13.5. The Kier molecular flexibility index (Phi) is 4.43. The van der Waals surface area contributed by atoms with Gasteiger partial charge in [-0.2, -0.15) is 5.26 Å². The van der Waals surface area contributed by atoms with E-state index in [2.05, 4.69) is 16.0 Å². The fraction of sp³-hybridized carbons (Fsp3) is 0.333. The van der Waals surface area contributed by atoms with E-state index in [9.17, 15) is 9.59 Å². The van der Waals surface area contributed by atoms with Crippen molar-refractivity contribution in [3.63, 3.8) is 0 Å². The maximum atomic E-state index is 12.5. The Labute approximate surface area is 139 Å². The molecule has 1 aliphatic rings. The van der Waals surface area contributed by atoms with Crippen molar-refractivity contribution in [2.75, 3.05) is 13.1 Å². The van der Waals surface area contributed by atoms with Crippen LogP contribution in [-0.2, 0) is 0 Å². The van der Waals surface area contributed by atoms with Crippen LogP contribution in [0.1, 0.15) is 28.8 Å². The van der Waals surface area contributed by atoms with E-state index in [4.69, 9.17) is 5.26 Å². The number of aromatic nitrogens is 2. The molecule has 0 radical (unpaired) electrons. The van der Waals surface area contributed by atoms with Gasteiger partial charge in [0.05, 0.1) is 12.0 Å². The molecule has 1 atom stereocenters. The third kappa shape index (κ3) is 3.20. The fourth-order valence-electron chi connectivity index (χ4n) is 2.84. The molecule has 6 heteroatoms. The molecule has 0 bridgehead atoms. The van der Waals surface area contributed by atoms with Crippen LogP contribution in [0.2, 0.25) is 0 Å².